The average molecular weight is 246 g/mol. The SMILES string of the molecule is C=C1[C@@H]2[C@@H]3OC(=O)C(=C)[C@@H]3CCC(=C)[C@@H]2C[C@@H]1O. The van der Waals surface area contributed by atoms with Crippen LogP contribution < -0.4 is 0 Å². The first-order valence-electron chi connectivity index (χ1n) is 6.45. The summed E-state index contributed by atoms with van der Waals surface area (Å²) in [5, 5.41) is 9.99. The van der Waals surface area contributed by atoms with E-state index in [1.165, 1.54) is 0 Å². The number of fused-ring (bicyclic) bond motifs is 3. The molecule has 3 rings (SSSR count). The van der Waals surface area contributed by atoms with E-state index >= 15 is 0 Å². The van der Waals surface area contributed by atoms with Crippen molar-refractivity contribution in [2.24, 2.45) is 17.8 Å². The van der Waals surface area contributed by atoms with Gasteiger partial charge in [-0.1, -0.05) is 25.3 Å². The summed E-state index contributed by atoms with van der Waals surface area (Å²) in [6, 6.07) is 0. The zero-order chi connectivity index (χ0) is 13.0. The molecule has 2 saturated carbocycles. The maximum Gasteiger partial charge on any atom is 0.334 e. The quantitative estimate of drug-likeness (QED) is 0.404. The van der Waals surface area contributed by atoms with E-state index < -0.39 is 6.10 Å². The van der Waals surface area contributed by atoms with Crippen molar-refractivity contribution in [1.29, 1.82) is 0 Å². The van der Waals surface area contributed by atoms with Crippen molar-refractivity contribution in [2.75, 3.05) is 0 Å². The lowest BCUT2D eigenvalue weighted by Crippen LogP contribution is -2.29. The molecule has 0 aromatic heterocycles. The summed E-state index contributed by atoms with van der Waals surface area (Å²) in [5.41, 5.74) is 2.51. The number of aliphatic hydroxyl groups is 1. The van der Waals surface area contributed by atoms with Crippen LogP contribution in [0.2, 0.25) is 0 Å². The standard InChI is InChI=1S/C15H18O3/c1-7-4-5-10-8(2)15(17)18-14(10)13-9(3)12(16)6-11(7)13/h10-14,16H,1-6H2/t10-,11-,12-,13-,14+/m0/s1. The van der Waals surface area contributed by atoms with Gasteiger partial charge in [-0.3, -0.25) is 0 Å². The van der Waals surface area contributed by atoms with Gasteiger partial charge in [-0.15, -0.1) is 0 Å². The van der Waals surface area contributed by atoms with Gasteiger partial charge in [0.1, 0.15) is 6.10 Å². The molecule has 0 spiro atoms. The van der Waals surface area contributed by atoms with E-state index in [-0.39, 0.29) is 29.8 Å². The molecule has 5 atom stereocenters. The van der Waals surface area contributed by atoms with Crippen molar-refractivity contribution in [2.45, 2.75) is 31.5 Å². The molecule has 2 aliphatic carbocycles. The molecule has 0 aromatic carbocycles. The minimum atomic E-state index is -0.497. The molecule has 96 valence electrons. The molecule has 0 radical (unpaired) electrons. The summed E-state index contributed by atoms with van der Waals surface area (Å²) in [6.07, 6.45) is 1.71. The summed E-state index contributed by atoms with van der Waals surface area (Å²) < 4.78 is 5.49. The van der Waals surface area contributed by atoms with Crippen molar-refractivity contribution >= 4 is 5.97 Å². The number of allylic oxidation sites excluding steroid dienone is 1. The summed E-state index contributed by atoms with van der Waals surface area (Å²) in [7, 11) is 0. The first-order chi connectivity index (χ1) is 8.50. The fraction of sp³-hybridized carbons (Fsp3) is 0.533. The molecule has 18 heavy (non-hydrogen) atoms. The van der Waals surface area contributed by atoms with Gasteiger partial charge in [0.2, 0.25) is 0 Å². The average Bonchev–Trinajstić information content (AvgIpc) is 2.72. The number of ether oxygens (including phenoxy) is 1. The molecule has 3 aliphatic rings. The Labute approximate surface area is 107 Å². The number of hydrogen-bond acceptors (Lipinski definition) is 3. The van der Waals surface area contributed by atoms with Gasteiger partial charge in [0.05, 0.1) is 6.10 Å². The Morgan fingerprint density at radius 3 is 2.67 bits per heavy atom. The van der Waals surface area contributed by atoms with Crippen LogP contribution in [0.1, 0.15) is 19.3 Å². The van der Waals surface area contributed by atoms with Crippen LogP contribution in [0.3, 0.4) is 0 Å². The second-order valence-electron chi connectivity index (χ2n) is 5.66. The molecule has 3 nitrogen and oxygen atoms in total. The van der Waals surface area contributed by atoms with Crippen LogP contribution in [0, 0.1) is 17.8 Å². The Morgan fingerprint density at radius 1 is 1.22 bits per heavy atom. The van der Waals surface area contributed by atoms with Gasteiger partial charge in [0.15, 0.2) is 0 Å². The highest BCUT2D eigenvalue weighted by atomic mass is 16.6. The molecule has 1 aliphatic heterocycles. The molecular weight excluding hydrogens is 228 g/mol. The van der Waals surface area contributed by atoms with E-state index in [2.05, 4.69) is 19.7 Å². The van der Waals surface area contributed by atoms with Gasteiger partial charge in [-0.2, -0.15) is 0 Å². The van der Waals surface area contributed by atoms with Gasteiger partial charge >= 0.3 is 5.97 Å². The Hall–Kier alpha value is -1.35. The van der Waals surface area contributed by atoms with Crippen molar-refractivity contribution in [1.82, 2.24) is 0 Å². The van der Waals surface area contributed by atoms with Crippen LogP contribution in [0.4, 0.5) is 0 Å². The monoisotopic (exact) mass is 246 g/mol. The lowest BCUT2D eigenvalue weighted by atomic mass is 9.82. The van der Waals surface area contributed by atoms with Gasteiger partial charge in [0, 0.05) is 17.4 Å². The Bertz CT molecular complexity index is 462. The zero-order valence-corrected chi connectivity index (χ0v) is 10.4. The Morgan fingerprint density at radius 2 is 1.94 bits per heavy atom. The van der Waals surface area contributed by atoms with Crippen LogP contribution in [0.15, 0.2) is 36.5 Å². The molecule has 0 amide bonds. The summed E-state index contributed by atoms with van der Waals surface area (Å²) in [5.74, 6) is -0.0128. The third kappa shape index (κ3) is 1.43. The maximum atomic E-state index is 11.7. The topological polar surface area (TPSA) is 46.5 Å². The van der Waals surface area contributed by atoms with Crippen LogP contribution >= 0.6 is 0 Å². The second kappa shape index (κ2) is 3.82. The highest BCUT2D eigenvalue weighted by molar-refractivity contribution is 5.91. The lowest BCUT2D eigenvalue weighted by Gasteiger charge is -2.25. The van der Waals surface area contributed by atoms with Crippen molar-refractivity contribution in [3.05, 3.63) is 36.5 Å². The van der Waals surface area contributed by atoms with Crippen LogP contribution in [0.25, 0.3) is 0 Å². The van der Waals surface area contributed by atoms with E-state index in [1.54, 1.807) is 0 Å². The van der Waals surface area contributed by atoms with E-state index in [1.807, 2.05) is 0 Å². The van der Waals surface area contributed by atoms with Gasteiger partial charge in [0.25, 0.3) is 0 Å². The van der Waals surface area contributed by atoms with E-state index in [9.17, 15) is 9.90 Å². The molecule has 3 fully saturated rings. The lowest BCUT2D eigenvalue weighted by molar-refractivity contribution is -0.141. The minimum Gasteiger partial charge on any atom is -0.458 e. The second-order valence-corrected chi connectivity index (χ2v) is 5.66. The Balaban J connectivity index is 2.01. The van der Waals surface area contributed by atoms with Crippen molar-refractivity contribution in [3.8, 4) is 0 Å². The normalized spacial score (nSPS) is 43.5. The highest BCUT2D eigenvalue weighted by Crippen LogP contribution is 2.51. The minimum absolute atomic E-state index is 0.0169. The summed E-state index contributed by atoms with van der Waals surface area (Å²) >= 11 is 0. The molecule has 0 bridgehead atoms. The molecular formula is C15H18O3. The zero-order valence-electron chi connectivity index (χ0n) is 10.4. The van der Waals surface area contributed by atoms with Crippen LogP contribution in [-0.2, 0) is 9.53 Å². The number of esters is 1. The predicted molar refractivity (Wildman–Crippen MR) is 67.6 cm³/mol. The smallest absolute Gasteiger partial charge is 0.334 e. The van der Waals surface area contributed by atoms with Crippen molar-refractivity contribution in [3.63, 3.8) is 0 Å². The van der Waals surface area contributed by atoms with Gasteiger partial charge < -0.3 is 9.84 Å². The number of carbonyl (C=O) groups excluding carboxylic acids is 1. The van der Waals surface area contributed by atoms with E-state index in [0.29, 0.717) is 12.0 Å². The third-order valence-electron chi connectivity index (χ3n) is 4.77. The van der Waals surface area contributed by atoms with E-state index in [0.717, 1.165) is 24.0 Å². The molecule has 0 unspecified atom stereocenters. The fourth-order valence-electron chi connectivity index (χ4n) is 3.70. The number of hydrogen-bond donors (Lipinski definition) is 1. The summed E-state index contributed by atoms with van der Waals surface area (Å²) in [6.45, 7) is 12.0. The molecule has 1 heterocycles. The molecule has 1 N–H and O–H groups in total. The van der Waals surface area contributed by atoms with Crippen LogP contribution in [0.5, 0.6) is 0 Å². The molecule has 1 saturated heterocycles. The fourth-order valence-corrected chi connectivity index (χ4v) is 3.70. The number of aliphatic hydroxyl groups excluding tert-OH is 1. The van der Waals surface area contributed by atoms with Crippen LogP contribution in [-0.4, -0.2) is 23.3 Å². The number of rotatable bonds is 0. The predicted octanol–water partition coefficient (Wildman–Crippen LogP) is 1.99. The van der Waals surface area contributed by atoms with Crippen molar-refractivity contribution < 1.29 is 14.6 Å². The number of carbonyl (C=O) groups is 1. The van der Waals surface area contributed by atoms with Gasteiger partial charge in [-0.25, -0.2) is 4.79 Å². The Kier molecular flexibility index (Phi) is 2.49. The first-order valence-corrected chi connectivity index (χ1v) is 6.45. The van der Waals surface area contributed by atoms with E-state index in [4.69, 9.17) is 4.74 Å². The maximum absolute atomic E-state index is 11.7. The molecule has 3 heteroatoms. The largest absolute Gasteiger partial charge is 0.458 e. The summed E-state index contributed by atoms with van der Waals surface area (Å²) in [4.78, 5) is 11.7. The molecule has 0 aromatic rings. The highest BCUT2D eigenvalue weighted by Gasteiger charge is 2.52. The first kappa shape index (κ1) is 11.7. The third-order valence-corrected chi connectivity index (χ3v) is 4.77. The van der Waals surface area contributed by atoms with Gasteiger partial charge in [-0.05, 0) is 30.8 Å².